The molecule has 0 aliphatic heterocycles. The predicted octanol–water partition coefficient (Wildman–Crippen LogP) is 2.44. The summed E-state index contributed by atoms with van der Waals surface area (Å²) in [6, 6.07) is 7.57. The lowest BCUT2D eigenvalue weighted by molar-refractivity contribution is 0.574. The zero-order valence-electron chi connectivity index (χ0n) is 6.45. The molecule has 3 heteroatoms. The highest BCUT2D eigenvalue weighted by Crippen LogP contribution is 2.25. The Morgan fingerprint density at radius 3 is 2.92 bits per heavy atom. The van der Waals surface area contributed by atoms with Gasteiger partial charge in [0.25, 0.3) is 0 Å². The molecule has 0 atom stereocenters. The molecule has 1 aromatic carbocycles. The van der Waals surface area contributed by atoms with Crippen LogP contribution in [-0.2, 0) is 5.75 Å². The molecule has 0 radical (unpaired) electrons. The number of hydrogen-bond acceptors (Lipinski definition) is 3. The maximum atomic E-state index is 5.74. The van der Waals surface area contributed by atoms with Gasteiger partial charge >= 0.3 is 0 Å². The Morgan fingerprint density at radius 1 is 1.42 bits per heavy atom. The lowest BCUT2D eigenvalue weighted by atomic mass is 10.2. The molecule has 0 unspecified atom stereocenters. The Morgan fingerprint density at radius 2 is 2.25 bits per heavy atom. The van der Waals surface area contributed by atoms with Crippen molar-refractivity contribution >= 4 is 29.3 Å². The second-order valence-electron chi connectivity index (χ2n) is 2.63. The Labute approximate surface area is 75.8 Å². The number of nitrogens with two attached hydrogens (primary N) is 1. The molecule has 0 saturated carbocycles. The standard InChI is InChI=1S/C9H9NOS/c10-8-2-1-3-9-7(8)4-6(5-12)11-9/h1-4,12H,5,10H2. The van der Waals surface area contributed by atoms with Gasteiger partial charge in [-0.25, -0.2) is 0 Å². The summed E-state index contributed by atoms with van der Waals surface area (Å²) >= 11 is 4.12. The van der Waals surface area contributed by atoms with Gasteiger partial charge in [-0.05, 0) is 18.2 Å². The lowest BCUT2D eigenvalue weighted by Crippen LogP contribution is -1.82. The third-order valence-electron chi connectivity index (χ3n) is 1.80. The molecule has 0 amide bonds. The molecule has 2 rings (SSSR count). The van der Waals surface area contributed by atoms with Gasteiger partial charge in [-0.2, -0.15) is 12.6 Å². The quantitative estimate of drug-likeness (QED) is 0.521. The largest absolute Gasteiger partial charge is 0.460 e. The van der Waals surface area contributed by atoms with Crippen LogP contribution >= 0.6 is 12.6 Å². The van der Waals surface area contributed by atoms with Crippen LogP contribution in [-0.4, -0.2) is 0 Å². The van der Waals surface area contributed by atoms with Crippen molar-refractivity contribution < 1.29 is 4.42 Å². The van der Waals surface area contributed by atoms with Crippen molar-refractivity contribution in [3.8, 4) is 0 Å². The van der Waals surface area contributed by atoms with Crippen LogP contribution in [0.5, 0.6) is 0 Å². The van der Waals surface area contributed by atoms with Gasteiger partial charge in [-0.1, -0.05) is 6.07 Å². The fourth-order valence-corrected chi connectivity index (χ4v) is 1.37. The maximum Gasteiger partial charge on any atom is 0.136 e. The Balaban J connectivity index is 2.74. The number of nitrogen functional groups attached to an aromatic ring is 1. The zero-order valence-corrected chi connectivity index (χ0v) is 7.34. The van der Waals surface area contributed by atoms with Gasteiger partial charge < -0.3 is 10.2 Å². The topological polar surface area (TPSA) is 39.2 Å². The first-order valence-electron chi connectivity index (χ1n) is 3.69. The first-order chi connectivity index (χ1) is 5.81. The van der Waals surface area contributed by atoms with E-state index in [4.69, 9.17) is 10.2 Å². The molecule has 0 spiro atoms. The second-order valence-corrected chi connectivity index (χ2v) is 2.95. The van der Waals surface area contributed by atoms with Crippen molar-refractivity contribution in [3.63, 3.8) is 0 Å². The van der Waals surface area contributed by atoms with Crippen LogP contribution in [0.1, 0.15) is 5.76 Å². The van der Waals surface area contributed by atoms with E-state index in [0.717, 1.165) is 22.4 Å². The first kappa shape index (κ1) is 7.55. The number of benzene rings is 1. The summed E-state index contributed by atoms with van der Waals surface area (Å²) in [7, 11) is 0. The minimum atomic E-state index is 0.605. The van der Waals surface area contributed by atoms with Crippen LogP contribution < -0.4 is 5.73 Å². The molecule has 1 heterocycles. The molecular formula is C9H9NOS. The third kappa shape index (κ3) is 1.06. The van der Waals surface area contributed by atoms with Crippen molar-refractivity contribution in [2.24, 2.45) is 0 Å². The summed E-state index contributed by atoms with van der Waals surface area (Å²) in [5.74, 6) is 1.46. The van der Waals surface area contributed by atoms with Crippen LogP contribution in [0, 0.1) is 0 Å². The summed E-state index contributed by atoms with van der Waals surface area (Å²) in [5, 5.41) is 0.974. The molecular weight excluding hydrogens is 170 g/mol. The average molecular weight is 179 g/mol. The highest BCUT2D eigenvalue weighted by atomic mass is 32.1. The Bertz CT molecular complexity index is 408. The summed E-state index contributed by atoms with van der Waals surface area (Å²) in [6.45, 7) is 0. The van der Waals surface area contributed by atoms with Gasteiger partial charge in [-0.15, -0.1) is 0 Å². The van der Waals surface area contributed by atoms with Crippen molar-refractivity contribution in [2.45, 2.75) is 5.75 Å². The molecule has 0 aliphatic carbocycles. The number of thiol groups is 1. The molecule has 62 valence electrons. The highest BCUT2D eigenvalue weighted by Gasteiger charge is 2.03. The molecule has 12 heavy (non-hydrogen) atoms. The van der Waals surface area contributed by atoms with E-state index < -0.39 is 0 Å². The first-order valence-corrected chi connectivity index (χ1v) is 4.32. The van der Waals surface area contributed by atoms with Crippen LogP contribution in [0.3, 0.4) is 0 Å². The van der Waals surface area contributed by atoms with Gasteiger partial charge in [0.2, 0.25) is 0 Å². The van der Waals surface area contributed by atoms with Crippen molar-refractivity contribution in [3.05, 3.63) is 30.0 Å². The van der Waals surface area contributed by atoms with Gasteiger partial charge in [-0.3, -0.25) is 0 Å². The fourth-order valence-electron chi connectivity index (χ4n) is 1.21. The van der Waals surface area contributed by atoms with Crippen LogP contribution in [0.15, 0.2) is 28.7 Å². The number of fused-ring (bicyclic) bond motifs is 1. The zero-order chi connectivity index (χ0) is 8.55. The number of furan rings is 1. The summed E-state index contributed by atoms with van der Waals surface area (Å²) in [6.07, 6.45) is 0. The predicted molar refractivity (Wildman–Crippen MR) is 53.3 cm³/mol. The van der Waals surface area contributed by atoms with Crippen molar-refractivity contribution in [1.29, 1.82) is 0 Å². The van der Waals surface area contributed by atoms with E-state index in [2.05, 4.69) is 12.6 Å². The van der Waals surface area contributed by atoms with Gasteiger partial charge in [0.05, 0.1) is 0 Å². The average Bonchev–Trinajstić information content (AvgIpc) is 2.49. The normalized spacial score (nSPS) is 10.8. The summed E-state index contributed by atoms with van der Waals surface area (Å²) in [5.41, 5.74) is 7.33. The molecule has 2 aromatic rings. The van der Waals surface area contributed by atoms with Gasteiger partial charge in [0.15, 0.2) is 0 Å². The molecule has 2 N–H and O–H groups in total. The molecule has 1 aromatic heterocycles. The van der Waals surface area contributed by atoms with E-state index in [-0.39, 0.29) is 0 Å². The summed E-state index contributed by atoms with van der Waals surface area (Å²) < 4.78 is 5.44. The minimum absolute atomic E-state index is 0.605. The Kier molecular flexibility index (Phi) is 1.73. The van der Waals surface area contributed by atoms with E-state index in [1.165, 1.54) is 0 Å². The van der Waals surface area contributed by atoms with Crippen LogP contribution in [0.2, 0.25) is 0 Å². The smallest absolute Gasteiger partial charge is 0.136 e. The van der Waals surface area contributed by atoms with E-state index in [0.29, 0.717) is 5.75 Å². The fraction of sp³-hybridized carbons (Fsp3) is 0.111. The summed E-state index contributed by atoms with van der Waals surface area (Å²) in [4.78, 5) is 0. The molecule has 0 fully saturated rings. The van der Waals surface area contributed by atoms with E-state index in [9.17, 15) is 0 Å². The lowest BCUT2D eigenvalue weighted by Gasteiger charge is -1.91. The third-order valence-corrected chi connectivity index (χ3v) is 2.11. The maximum absolute atomic E-state index is 5.74. The van der Waals surface area contributed by atoms with E-state index in [1.54, 1.807) is 0 Å². The highest BCUT2D eigenvalue weighted by molar-refractivity contribution is 7.79. The van der Waals surface area contributed by atoms with Crippen molar-refractivity contribution in [1.82, 2.24) is 0 Å². The van der Waals surface area contributed by atoms with Crippen molar-refractivity contribution in [2.75, 3.05) is 5.73 Å². The van der Waals surface area contributed by atoms with Gasteiger partial charge in [0, 0.05) is 16.8 Å². The Hall–Kier alpha value is -1.09. The van der Waals surface area contributed by atoms with E-state index >= 15 is 0 Å². The minimum Gasteiger partial charge on any atom is -0.460 e. The molecule has 0 bridgehead atoms. The molecule has 0 aliphatic rings. The number of hydrogen-bond donors (Lipinski definition) is 2. The van der Waals surface area contributed by atoms with Gasteiger partial charge in [0.1, 0.15) is 11.3 Å². The second kappa shape index (κ2) is 2.75. The van der Waals surface area contributed by atoms with Crippen LogP contribution in [0.4, 0.5) is 5.69 Å². The number of anilines is 1. The van der Waals surface area contributed by atoms with Crippen LogP contribution in [0.25, 0.3) is 11.0 Å². The molecule has 0 saturated heterocycles. The van der Waals surface area contributed by atoms with E-state index in [1.807, 2.05) is 24.3 Å². The molecule has 2 nitrogen and oxygen atoms in total. The SMILES string of the molecule is Nc1cccc2oc(CS)cc12. The monoisotopic (exact) mass is 179 g/mol. The number of rotatable bonds is 1.